The molecule has 0 aliphatic rings. The highest BCUT2D eigenvalue weighted by Crippen LogP contribution is 2.30. The fourth-order valence-corrected chi connectivity index (χ4v) is 1.84. The van der Waals surface area contributed by atoms with Crippen LogP contribution < -0.4 is 15.2 Å². The van der Waals surface area contributed by atoms with Crippen molar-refractivity contribution >= 4 is 15.2 Å². The van der Waals surface area contributed by atoms with Gasteiger partial charge in [-0.3, -0.25) is 0 Å². The largest absolute Gasteiger partial charge is 0.493 e. The number of benzene rings is 1. The molecule has 18 heavy (non-hydrogen) atoms. The van der Waals surface area contributed by atoms with E-state index in [9.17, 15) is 8.42 Å². The zero-order valence-electron chi connectivity index (χ0n) is 10.6. The molecule has 1 rings (SSSR count). The van der Waals surface area contributed by atoms with E-state index in [-0.39, 0.29) is 4.86 Å². The van der Waals surface area contributed by atoms with E-state index in [0.717, 1.165) is 0 Å². The monoisotopic (exact) mass is 271 g/mol. The maximum atomic E-state index is 10.9. The Labute approximate surface area is 108 Å². The standard InChI is InChI=1S/C12H17NO4S/c1-4-17-11-7-9(5-6-10(11)16-3)12(13)8(2)18(14)15/h5-7,12H,4,13H2,1-3H3. The predicted molar refractivity (Wildman–Crippen MR) is 70.7 cm³/mol. The molecule has 0 aliphatic carbocycles. The van der Waals surface area contributed by atoms with Crippen LogP contribution in [0.4, 0.5) is 0 Å². The molecule has 0 fully saturated rings. The van der Waals surface area contributed by atoms with Crippen LogP contribution in [0.25, 0.3) is 0 Å². The molecule has 1 aromatic rings. The lowest BCUT2D eigenvalue weighted by Crippen LogP contribution is -2.19. The Bertz CT molecular complexity index is 543. The lowest BCUT2D eigenvalue weighted by molar-refractivity contribution is 0.310. The summed E-state index contributed by atoms with van der Waals surface area (Å²) in [5.74, 6) is 1.14. The van der Waals surface area contributed by atoms with E-state index < -0.39 is 16.3 Å². The maximum Gasteiger partial charge on any atom is 0.214 e. The Morgan fingerprint density at radius 1 is 1.39 bits per heavy atom. The van der Waals surface area contributed by atoms with E-state index >= 15 is 0 Å². The first-order chi connectivity index (χ1) is 8.51. The summed E-state index contributed by atoms with van der Waals surface area (Å²) < 4.78 is 32.3. The van der Waals surface area contributed by atoms with Crippen molar-refractivity contribution in [3.63, 3.8) is 0 Å². The third kappa shape index (κ3) is 3.24. The minimum absolute atomic E-state index is 0.183. The zero-order chi connectivity index (χ0) is 13.7. The van der Waals surface area contributed by atoms with Crippen LogP contribution in [0.5, 0.6) is 11.5 Å². The molecule has 1 aromatic carbocycles. The van der Waals surface area contributed by atoms with Gasteiger partial charge in [-0.2, -0.15) is 8.42 Å². The highest BCUT2D eigenvalue weighted by molar-refractivity contribution is 7.73. The summed E-state index contributed by atoms with van der Waals surface area (Å²) in [4.78, 5) is 0.183. The van der Waals surface area contributed by atoms with Crippen LogP contribution in [-0.4, -0.2) is 27.0 Å². The first-order valence-corrected chi connectivity index (χ1v) is 6.57. The highest BCUT2D eigenvalue weighted by Gasteiger charge is 2.14. The van der Waals surface area contributed by atoms with Crippen molar-refractivity contribution in [3.05, 3.63) is 23.8 Å². The van der Waals surface area contributed by atoms with E-state index in [1.54, 1.807) is 25.3 Å². The van der Waals surface area contributed by atoms with E-state index in [1.165, 1.54) is 6.92 Å². The van der Waals surface area contributed by atoms with Crippen LogP contribution in [0.1, 0.15) is 25.5 Å². The highest BCUT2D eigenvalue weighted by atomic mass is 32.2. The van der Waals surface area contributed by atoms with Gasteiger partial charge < -0.3 is 15.2 Å². The van der Waals surface area contributed by atoms with Crippen LogP contribution in [0.3, 0.4) is 0 Å². The third-order valence-corrected chi connectivity index (χ3v) is 3.33. The van der Waals surface area contributed by atoms with Crippen molar-refractivity contribution in [1.82, 2.24) is 0 Å². The number of ether oxygens (including phenoxy) is 2. The molecule has 0 amide bonds. The minimum atomic E-state index is -2.29. The van der Waals surface area contributed by atoms with Gasteiger partial charge >= 0.3 is 0 Å². The summed E-state index contributed by atoms with van der Waals surface area (Å²) >= 11 is 0. The Kier molecular flexibility index (Phi) is 5.18. The molecule has 100 valence electrons. The molecule has 0 saturated heterocycles. The van der Waals surface area contributed by atoms with Gasteiger partial charge in [0.15, 0.2) is 11.5 Å². The Morgan fingerprint density at radius 3 is 2.56 bits per heavy atom. The van der Waals surface area contributed by atoms with Crippen molar-refractivity contribution in [2.24, 2.45) is 5.73 Å². The first kappa shape index (κ1) is 14.5. The van der Waals surface area contributed by atoms with E-state index in [4.69, 9.17) is 15.2 Å². The van der Waals surface area contributed by atoms with Crippen molar-refractivity contribution in [2.75, 3.05) is 13.7 Å². The lowest BCUT2D eigenvalue weighted by atomic mass is 10.0. The molecular weight excluding hydrogens is 254 g/mol. The summed E-state index contributed by atoms with van der Waals surface area (Å²) in [7, 11) is -0.746. The minimum Gasteiger partial charge on any atom is -0.493 e. The Balaban J connectivity index is 3.19. The van der Waals surface area contributed by atoms with Crippen LogP contribution in [0.15, 0.2) is 18.2 Å². The van der Waals surface area contributed by atoms with Crippen molar-refractivity contribution in [3.8, 4) is 11.5 Å². The van der Waals surface area contributed by atoms with Gasteiger partial charge in [0.05, 0.1) is 24.6 Å². The number of hydrogen-bond donors (Lipinski definition) is 1. The topological polar surface area (TPSA) is 78.6 Å². The average molecular weight is 271 g/mol. The maximum absolute atomic E-state index is 10.9. The second kappa shape index (κ2) is 6.42. The van der Waals surface area contributed by atoms with Gasteiger partial charge in [-0.1, -0.05) is 6.07 Å². The Hall–Kier alpha value is -1.53. The van der Waals surface area contributed by atoms with Gasteiger partial charge in [0, 0.05) is 0 Å². The SMILES string of the molecule is CCOc1cc(C(N)C(C)=S(=O)=O)ccc1OC. The summed E-state index contributed by atoms with van der Waals surface area (Å²) in [6, 6.07) is 4.46. The van der Waals surface area contributed by atoms with E-state index in [2.05, 4.69) is 0 Å². The smallest absolute Gasteiger partial charge is 0.214 e. The molecule has 6 heteroatoms. The molecule has 0 heterocycles. The van der Waals surface area contributed by atoms with E-state index in [1.807, 2.05) is 6.92 Å². The molecular formula is C12H17NO4S. The number of nitrogens with two attached hydrogens (primary N) is 1. The summed E-state index contributed by atoms with van der Waals surface area (Å²) in [5.41, 5.74) is 6.54. The van der Waals surface area contributed by atoms with E-state index in [0.29, 0.717) is 23.7 Å². The van der Waals surface area contributed by atoms with Gasteiger partial charge in [0.25, 0.3) is 0 Å². The fourth-order valence-electron chi connectivity index (χ4n) is 1.49. The van der Waals surface area contributed by atoms with Crippen molar-refractivity contribution < 1.29 is 17.9 Å². The van der Waals surface area contributed by atoms with Crippen LogP contribution in [0, 0.1) is 0 Å². The van der Waals surface area contributed by atoms with Crippen LogP contribution in [0.2, 0.25) is 0 Å². The number of rotatable bonds is 5. The number of methoxy groups -OCH3 is 1. The van der Waals surface area contributed by atoms with Crippen molar-refractivity contribution in [2.45, 2.75) is 19.9 Å². The van der Waals surface area contributed by atoms with Crippen LogP contribution >= 0.6 is 0 Å². The first-order valence-electron chi connectivity index (χ1n) is 5.50. The summed E-state index contributed by atoms with van der Waals surface area (Å²) in [6.07, 6.45) is 0. The molecule has 1 unspecified atom stereocenters. The Morgan fingerprint density at radius 2 is 2.06 bits per heavy atom. The second-order valence-corrected chi connectivity index (χ2v) is 4.78. The van der Waals surface area contributed by atoms with Crippen LogP contribution in [-0.2, 0) is 10.3 Å². The lowest BCUT2D eigenvalue weighted by Gasteiger charge is -2.14. The molecule has 0 aliphatic heterocycles. The molecule has 0 spiro atoms. The van der Waals surface area contributed by atoms with Gasteiger partial charge in [-0.15, -0.1) is 0 Å². The van der Waals surface area contributed by atoms with Crippen molar-refractivity contribution in [1.29, 1.82) is 0 Å². The molecule has 5 nitrogen and oxygen atoms in total. The van der Waals surface area contributed by atoms with Gasteiger partial charge in [-0.25, -0.2) is 0 Å². The fraction of sp³-hybridized carbons (Fsp3) is 0.417. The molecule has 2 N–H and O–H groups in total. The molecule has 0 bridgehead atoms. The second-order valence-electron chi connectivity index (χ2n) is 3.67. The summed E-state index contributed by atoms with van der Waals surface area (Å²) in [6.45, 7) is 3.83. The van der Waals surface area contributed by atoms with Gasteiger partial charge in [0.1, 0.15) is 0 Å². The molecule has 0 saturated carbocycles. The predicted octanol–water partition coefficient (Wildman–Crippen LogP) is 1.17. The third-order valence-electron chi connectivity index (χ3n) is 2.55. The average Bonchev–Trinajstić information content (AvgIpc) is 2.37. The molecule has 0 radical (unpaired) electrons. The van der Waals surface area contributed by atoms with Gasteiger partial charge in [-0.05, 0) is 31.5 Å². The quantitative estimate of drug-likeness (QED) is 0.813. The normalized spacial score (nSPS) is 11.8. The summed E-state index contributed by atoms with van der Waals surface area (Å²) in [5, 5.41) is 0. The molecule has 1 atom stereocenters. The van der Waals surface area contributed by atoms with Gasteiger partial charge in [0.2, 0.25) is 10.3 Å². The molecule has 0 aromatic heterocycles. The number of hydrogen-bond acceptors (Lipinski definition) is 5. The zero-order valence-corrected chi connectivity index (χ0v) is 11.5.